The molecule has 0 amide bonds. The van der Waals surface area contributed by atoms with Gasteiger partial charge in [-0.25, -0.2) is 0 Å². The molecule has 1 fully saturated rings. The van der Waals surface area contributed by atoms with E-state index in [2.05, 4.69) is 46.9 Å². The van der Waals surface area contributed by atoms with Gasteiger partial charge in [-0.2, -0.15) is 0 Å². The first-order valence-corrected chi connectivity index (χ1v) is 9.78. The smallest absolute Gasteiger partial charge is 0.0504 e. The van der Waals surface area contributed by atoms with Crippen LogP contribution in [-0.4, -0.2) is 27.8 Å². The first-order valence-electron chi connectivity index (χ1n) is 8.40. The second kappa shape index (κ2) is 7.93. The molecule has 20 heavy (non-hydrogen) atoms. The van der Waals surface area contributed by atoms with Crippen LogP contribution in [0.3, 0.4) is 0 Å². The Hall–Kier alpha value is 0.110. The number of hydrogen-bond acceptors (Lipinski definition) is 2. The first-order chi connectivity index (χ1) is 9.29. The molecule has 0 aromatic heterocycles. The first kappa shape index (κ1) is 18.2. The molecule has 0 bridgehead atoms. The van der Waals surface area contributed by atoms with E-state index in [4.69, 9.17) is 0 Å². The average Bonchev–Trinajstić information content (AvgIpc) is 2.37. The predicted molar refractivity (Wildman–Crippen MR) is 90.5 cm³/mol. The summed E-state index contributed by atoms with van der Waals surface area (Å²) in [7, 11) is -0.686. The van der Waals surface area contributed by atoms with Crippen LogP contribution in [0, 0.1) is 17.3 Å². The molecule has 1 aliphatic carbocycles. The normalized spacial score (nSPS) is 31.0. The third kappa shape index (κ3) is 5.14. The lowest BCUT2D eigenvalue weighted by atomic mass is 9.71. The van der Waals surface area contributed by atoms with Crippen molar-refractivity contribution in [1.29, 1.82) is 0 Å². The third-order valence-electron chi connectivity index (χ3n) is 4.97. The van der Waals surface area contributed by atoms with Crippen LogP contribution in [-0.2, 0) is 10.8 Å². The van der Waals surface area contributed by atoms with Crippen LogP contribution < -0.4 is 5.32 Å². The Labute approximate surface area is 128 Å². The molecule has 0 aromatic carbocycles. The van der Waals surface area contributed by atoms with Crippen LogP contribution >= 0.6 is 0 Å². The lowest BCUT2D eigenvalue weighted by Gasteiger charge is -2.42. The molecule has 0 aromatic rings. The fourth-order valence-electron chi connectivity index (χ4n) is 3.22. The maximum Gasteiger partial charge on any atom is 0.0504 e. The third-order valence-corrected chi connectivity index (χ3v) is 7.06. The predicted octanol–water partition coefficient (Wildman–Crippen LogP) is 3.97. The van der Waals surface area contributed by atoms with Crippen molar-refractivity contribution >= 4 is 10.8 Å². The van der Waals surface area contributed by atoms with Crippen LogP contribution in [0.5, 0.6) is 0 Å². The Morgan fingerprint density at radius 2 is 1.90 bits per heavy atom. The zero-order valence-electron chi connectivity index (χ0n) is 14.4. The summed E-state index contributed by atoms with van der Waals surface area (Å²) in [5.41, 5.74) is 0.343. The van der Waals surface area contributed by atoms with Gasteiger partial charge in [-0.15, -0.1) is 0 Å². The van der Waals surface area contributed by atoms with E-state index in [0.717, 1.165) is 25.1 Å². The van der Waals surface area contributed by atoms with Crippen molar-refractivity contribution in [2.45, 2.75) is 78.5 Å². The molecule has 0 spiro atoms. The van der Waals surface area contributed by atoms with E-state index in [9.17, 15) is 4.21 Å². The molecule has 5 unspecified atom stereocenters. The molecule has 0 radical (unpaired) electrons. The van der Waals surface area contributed by atoms with Gasteiger partial charge in [0.2, 0.25) is 0 Å². The van der Waals surface area contributed by atoms with E-state index < -0.39 is 10.8 Å². The Kier molecular flexibility index (Phi) is 7.20. The highest BCUT2D eigenvalue weighted by Gasteiger charge is 2.38. The molecule has 1 N–H and O–H groups in total. The number of nitrogens with one attached hydrogen (secondary N) is 1. The van der Waals surface area contributed by atoms with Crippen LogP contribution in [0.25, 0.3) is 0 Å². The van der Waals surface area contributed by atoms with Gasteiger partial charge in [0.25, 0.3) is 0 Å². The standard InChI is InChI=1S/C17H35NOS/c1-7-13(3)12-20(19)16-11-14(17(4,5)6)9-10-15(16)18-8-2/h13-16,18H,7-12H2,1-6H3. The van der Waals surface area contributed by atoms with Gasteiger partial charge in [-0.05, 0) is 43.1 Å². The maximum atomic E-state index is 12.8. The van der Waals surface area contributed by atoms with Crippen molar-refractivity contribution < 1.29 is 4.21 Å². The molecule has 1 saturated carbocycles. The monoisotopic (exact) mass is 301 g/mol. The quantitative estimate of drug-likeness (QED) is 0.804. The summed E-state index contributed by atoms with van der Waals surface area (Å²) < 4.78 is 12.8. The minimum Gasteiger partial charge on any atom is -0.313 e. The van der Waals surface area contributed by atoms with E-state index in [1.54, 1.807) is 0 Å². The lowest BCUT2D eigenvalue weighted by molar-refractivity contribution is 0.164. The average molecular weight is 302 g/mol. The SMILES string of the molecule is CCNC1CCC(C(C)(C)C)CC1S(=O)CC(C)CC. The highest BCUT2D eigenvalue weighted by Crippen LogP contribution is 2.39. The summed E-state index contributed by atoms with van der Waals surface area (Å²) in [5, 5.41) is 3.93. The molecule has 2 nitrogen and oxygen atoms in total. The molecular weight excluding hydrogens is 266 g/mol. The highest BCUT2D eigenvalue weighted by molar-refractivity contribution is 7.85. The zero-order valence-corrected chi connectivity index (χ0v) is 15.2. The molecular formula is C17H35NOS. The molecule has 1 aliphatic rings. The summed E-state index contributed by atoms with van der Waals surface area (Å²) in [6, 6.07) is 0.462. The second-order valence-corrected chi connectivity index (χ2v) is 9.34. The molecule has 5 atom stereocenters. The maximum absolute atomic E-state index is 12.8. The van der Waals surface area contributed by atoms with Gasteiger partial charge in [0, 0.05) is 22.6 Å². The molecule has 1 rings (SSSR count). The number of hydrogen-bond donors (Lipinski definition) is 1. The minimum absolute atomic E-state index is 0.343. The largest absolute Gasteiger partial charge is 0.313 e. The van der Waals surface area contributed by atoms with Gasteiger partial charge < -0.3 is 5.32 Å². The molecule has 0 aliphatic heterocycles. The van der Waals surface area contributed by atoms with E-state index in [1.807, 2.05) is 0 Å². The fourth-order valence-corrected chi connectivity index (χ4v) is 5.31. The Balaban J connectivity index is 2.75. The van der Waals surface area contributed by atoms with E-state index in [-0.39, 0.29) is 0 Å². The van der Waals surface area contributed by atoms with E-state index in [0.29, 0.717) is 28.5 Å². The van der Waals surface area contributed by atoms with Crippen LogP contribution in [0.15, 0.2) is 0 Å². The summed E-state index contributed by atoms with van der Waals surface area (Å²) in [5.74, 6) is 2.16. The van der Waals surface area contributed by atoms with Crippen LogP contribution in [0.4, 0.5) is 0 Å². The number of rotatable bonds is 6. The lowest BCUT2D eigenvalue weighted by Crippen LogP contribution is -2.48. The summed E-state index contributed by atoms with van der Waals surface area (Å²) in [6.45, 7) is 14.6. The van der Waals surface area contributed by atoms with Gasteiger partial charge in [0.15, 0.2) is 0 Å². The van der Waals surface area contributed by atoms with Gasteiger partial charge in [-0.1, -0.05) is 48.0 Å². The second-order valence-electron chi connectivity index (χ2n) is 7.64. The summed E-state index contributed by atoms with van der Waals surface area (Å²) >= 11 is 0. The Morgan fingerprint density at radius 1 is 1.25 bits per heavy atom. The van der Waals surface area contributed by atoms with Crippen molar-refractivity contribution in [3.8, 4) is 0 Å². The van der Waals surface area contributed by atoms with Gasteiger partial charge in [0.05, 0.1) is 5.25 Å². The fraction of sp³-hybridized carbons (Fsp3) is 1.00. The zero-order chi connectivity index (χ0) is 15.3. The summed E-state index contributed by atoms with van der Waals surface area (Å²) in [6.07, 6.45) is 4.72. The molecule has 0 heterocycles. The molecule has 0 saturated heterocycles. The van der Waals surface area contributed by atoms with Crippen molar-refractivity contribution in [3.05, 3.63) is 0 Å². The Morgan fingerprint density at radius 3 is 2.40 bits per heavy atom. The minimum atomic E-state index is -0.686. The topological polar surface area (TPSA) is 29.1 Å². The molecule has 3 heteroatoms. The van der Waals surface area contributed by atoms with Crippen molar-refractivity contribution in [2.24, 2.45) is 17.3 Å². The van der Waals surface area contributed by atoms with Gasteiger partial charge >= 0.3 is 0 Å². The van der Waals surface area contributed by atoms with Crippen molar-refractivity contribution in [3.63, 3.8) is 0 Å². The van der Waals surface area contributed by atoms with Crippen LogP contribution in [0.2, 0.25) is 0 Å². The van der Waals surface area contributed by atoms with Gasteiger partial charge in [-0.3, -0.25) is 4.21 Å². The summed E-state index contributed by atoms with van der Waals surface area (Å²) in [4.78, 5) is 0. The van der Waals surface area contributed by atoms with Gasteiger partial charge in [0.1, 0.15) is 0 Å². The Bertz CT molecular complexity index is 311. The van der Waals surface area contributed by atoms with E-state index >= 15 is 0 Å². The molecule has 120 valence electrons. The van der Waals surface area contributed by atoms with Crippen molar-refractivity contribution in [2.75, 3.05) is 12.3 Å². The van der Waals surface area contributed by atoms with E-state index in [1.165, 1.54) is 12.8 Å². The van der Waals surface area contributed by atoms with Crippen molar-refractivity contribution in [1.82, 2.24) is 5.32 Å². The van der Waals surface area contributed by atoms with Crippen LogP contribution in [0.1, 0.15) is 67.2 Å². The highest BCUT2D eigenvalue weighted by atomic mass is 32.2.